The number of aryl methyl sites for hydroxylation is 1. The summed E-state index contributed by atoms with van der Waals surface area (Å²) >= 11 is 0. The first-order chi connectivity index (χ1) is 10.6. The van der Waals surface area contributed by atoms with Crippen molar-refractivity contribution < 1.29 is 9.53 Å². The lowest BCUT2D eigenvalue weighted by atomic mass is 10.0. The normalized spacial score (nSPS) is 10.7. The second-order valence-corrected chi connectivity index (χ2v) is 5.20. The summed E-state index contributed by atoms with van der Waals surface area (Å²) in [4.78, 5) is 10.7. The minimum Gasteiger partial charge on any atom is -0.489 e. The smallest absolute Gasteiger partial charge is 0.211 e. The van der Waals surface area contributed by atoms with Gasteiger partial charge in [-0.15, -0.1) is 0 Å². The monoisotopic (exact) mass is 295 g/mol. The number of hydrogen-bond donors (Lipinski definition) is 1. The molecule has 22 heavy (non-hydrogen) atoms. The molecular weight excluding hydrogens is 274 g/mol. The highest BCUT2D eigenvalue weighted by Crippen LogP contribution is 2.31. The second kappa shape index (κ2) is 7.46. The van der Waals surface area contributed by atoms with Crippen LogP contribution in [0.2, 0.25) is 0 Å². The maximum atomic E-state index is 10.7. The molecule has 0 saturated carbocycles. The fraction of sp³-hybridized carbons (Fsp3) is 0.211. The minimum absolute atomic E-state index is 0.509. The lowest BCUT2D eigenvalue weighted by Gasteiger charge is -2.15. The van der Waals surface area contributed by atoms with Gasteiger partial charge in [-0.3, -0.25) is 4.79 Å². The van der Waals surface area contributed by atoms with Crippen LogP contribution in [0.3, 0.4) is 0 Å². The Balaban J connectivity index is 2.07. The van der Waals surface area contributed by atoms with Gasteiger partial charge in [-0.2, -0.15) is 0 Å². The number of hydrogen-bond acceptors (Lipinski definition) is 2. The zero-order chi connectivity index (χ0) is 15.9. The van der Waals surface area contributed by atoms with Crippen LogP contribution in [-0.4, -0.2) is 13.0 Å². The standard InChI is InChI=1S/C19H21NO2/c1-14-12-18(15(2)16(3)19(14)20-13-21)22-11-7-10-17-8-5-4-6-9-17/h4-10,12-13H,11H2,1-3H3,(H,20,21)/b10-7+. The van der Waals surface area contributed by atoms with E-state index < -0.39 is 0 Å². The van der Waals surface area contributed by atoms with E-state index in [1.165, 1.54) is 0 Å². The van der Waals surface area contributed by atoms with Gasteiger partial charge < -0.3 is 10.1 Å². The van der Waals surface area contributed by atoms with Crippen molar-refractivity contribution in [3.63, 3.8) is 0 Å². The van der Waals surface area contributed by atoms with Crippen LogP contribution in [0.25, 0.3) is 6.08 Å². The van der Waals surface area contributed by atoms with Gasteiger partial charge >= 0.3 is 0 Å². The fourth-order valence-corrected chi connectivity index (χ4v) is 2.36. The lowest BCUT2D eigenvalue weighted by Crippen LogP contribution is -2.04. The molecule has 114 valence electrons. The third-order valence-electron chi connectivity index (χ3n) is 3.70. The Morgan fingerprint density at radius 3 is 2.50 bits per heavy atom. The van der Waals surface area contributed by atoms with Gasteiger partial charge in [0.25, 0.3) is 0 Å². The van der Waals surface area contributed by atoms with Gasteiger partial charge in [-0.1, -0.05) is 36.4 Å². The highest BCUT2D eigenvalue weighted by Gasteiger charge is 2.10. The maximum Gasteiger partial charge on any atom is 0.211 e. The summed E-state index contributed by atoms with van der Waals surface area (Å²) in [6.07, 6.45) is 4.74. The van der Waals surface area contributed by atoms with E-state index in [1.54, 1.807) is 0 Å². The average Bonchev–Trinajstić information content (AvgIpc) is 2.53. The van der Waals surface area contributed by atoms with E-state index in [4.69, 9.17) is 4.74 Å². The summed E-state index contributed by atoms with van der Waals surface area (Å²) in [6, 6.07) is 12.1. The molecule has 1 amide bonds. The van der Waals surface area contributed by atoms with E-state index in [-0.39, 0.29) is 0 Å². The van der Waals surface area contributed by atoms with Gasteiger partial charge in [0.15, 0.2) is 0 Å². The van der Waals surface area contributed by atoms with E-state index in [0.717, 1.165) is 33.7 Å². The van der Waals surface area contributed by atoms with E-state index in [0.29, 0.717) is 13.0 Å². The fourth-order valence-electron chi connectivity index (χ4n) is 2.36. The molecule has 0 atom stereocenters. The van der Waals surface area contributed by atoms with Crippen LogP contribution in [0.4, 0.5) is 5.69 Å². The molecule has 0 aliphatic carbocycles. The Morgan fingerprint density at radius 1 is 1.09 bits per heavy atom. The van der Waals surface area contributed by atoms with Crippen LogP contribution in [0, 0.1) is 20.8 Å². The van der Waals surface area contributed by atoms with Crippen LogP contribution >= 0.6 is 0 Å². The molecule has 0 radical (unpaired) electrons. The Labute approximate surface area is 131 Å². The summed E-state index contributed by atoms with van der Waals surface area (Å²) < 4.78 is 5.85. The Bertz CT molecular complexity index is 676. The van der Waals surface area contributed by atoms with Crippen LogP contribution in [0.1, 0.15) is 22.3 Å². The van der Waals surface area contributed by atoms with E-state index in [1.807, 2.05) is 57.2 Å². The van der Waals surface area contributed by atoms with E-state index >= 15 is 0 Å². The summed E-state index contributed by atoms with van der Waals surface area (Å²) in [7, 11) is 0. The predicted octanol–water partition coefficient (Wildman–Crippen LogP) is 4.27. The number of amides is 1. The Kier molecular flexibility index (Phi) is 5.37. The number of carbonyl (C=O) groups is 1. The zero-order valence-electron chi connectivity index (χ0n) is 13.2. The molecule has 0 aromatic heterocycles. The molecule has 3 heteroatoms. The molecule has 2 aromatic carbocycles. The SMILES string of the molecule is Cc1cc(OC/C=C/c2ccccc2)c(C)c(C)c1NC=O. The van der Waals surface area contributed by atoms with Crippen molar-refractivity contribution in [2.24, 2.45) is 0 Å². The number of rotatable bonds is 6. The van der Waals surface area contributed by atoms with Gasteiger partial charge in [0.2, 0.25) is 6.41 Å². The van der Waals surface area contributed by atoms with Crippen molar-refractivity contribution in [1.29, 1.82) is 0 Å². The summed E-state index contributed by atoms with van der Waals surface area (Å²) in [6.45, 7) is 6.46. The molecule has 2 aromatic rings. The number of nitrogens with one attached hydrogen (secondary N) is 1. The molecule has 0 heterocycles. The second-order valence-electron chi connectivity index (χ2n) is 5.20. The van der Waals surface area contributed by atoms with Crippen LogP contribution in [0.15, 0.2) is 42.5 Å². The van der Waals surface area contributed by atoms with Gasteiger partial charge in [-0.25, -0.2) is 0 Å². The van der Waals surface area contributed by atoms with Crippen molar-refractivity contribution in [3.8, 4) is 5.75 Å². The van der Waals surface area contributed by atoms with Crippen molar-refractivity contribution >= 4 is 18.2 Å². The Morgan fingerprint density at radius 2 is 1.82 bits per heavy atom. The Hall–Kier alpha value is -2.55. The highest BCUT2D eigenvalue weighted by molar-refractivity contribution is 5.77. The molecule has 0 aliphatic rings. The molecule has 3 nitrogen and oxygen atoms in total. The summed E-state index contributed by atoms with van der Waals surface area (Å²) in [5.41, 5.74) is 5.09. The lowest BCUT2D eigenvalue weighted by molar-refractivity contribution is -0.105. The maximum absolute atomic E-state index is 10.7. The van der Waals surface area contributed by atoms with Gasteiger partial charge in [0.1, 0.15) is 12.4 Å². The quantitative estimate of drug-likeness (QED) is 0.808. The van der Waals surface area contributed by atoms with Crippen molar-refractivity contribution in [3.05, 3.63) is 64.7 Å². The molecule has 0 spiro atoms. The highest BCUT2D eigenvalue weighted by atomic mass is 16.5. The molecule has 0 saturated heterocycles. The number of anilines is 1. The van der Waals surface area contributed by atoms with E-state index in [2.05, 4.69) is 17.4 Å². The third kappa shape index (κ3) is 3.76. The number of benzene rings is 2. The number of carbonyl (C=O) groups excluding carboxylic acids is 1. The topological polar surface area (TPSA) is 38.3 Å². The number of ether oxygens (including phenoxy) is 1. The van der Waals surface area contributed by atoms with Crippen molar-refractivity contribution in [1.82, 2.24) is 0 Å². The average molecular weight is 295 g/mol. The third-order valence-corrected chi connectivity index (χ3v) is 3.70. The van der Waals surface area contributed by atoms with Gasteiger partial charge in [-0.05, 0) is 55.2 Å². The van der Waals surface area contributed by atoms with Crippen molar-refractivity contribution in [2.75, 3.05) is 11.9 Å². The first kappa shape index (κ1) is 15.8. The summed E-state index contributed by atoms with van der Waals surface area (Å²) in [5.74, 6) is 0.851. The summed E-state index contributed by atoms with van der Waals surface area (Å²) in [5, 5.41) is 2.75. The molecule has 0 bridgehead atoms. The molecule has 0 fully saturated rings. The van der Waals surface area contributed by atoms with Gasteiger partial charge in [0.05, 0.1) is 0 Å². The predicted molar refractivity (Wildman–Crippen MR) is 91.3 cm³/mol. The molecular formula is C19H21NO2. The van der Waals surface area contributed by atoms with Crippen LogP contribution < -0.4 is 10.1 Å². The van der Waals surface area contributed by atoms with Gasteiger partial charge in [0, 0.05) is 5.69 Å². The molecule has 1 N–H and O–H groups in total. The van der Waals surface area contributed by atoms with Crippen LogP contribution in [0.5, 0.6) is 5.75 Å². The largest absolute Gasteiger partial charge is 0.489 e. The zero-order valence-corrected chi connectivity index (χ0v) is 13.2. The molecule has 0 unspecified atom stereocenters. The molecule has 0 aliphatic heterocycles. The van der Waals surface area contributed by atoms with E-state index in [9.17, 15) is 4.79 Å². The van der Waals surface area contributed by atoms with Crippen molar-refractivity contribution in [2.45, 2.75) is 20.8 Å². The minimum atomic E-state index is 0.509. The van der Waals surface area contributed by atoms with Crippen LogP contribution in [-0.2, 0) is 4.79 Å². The molecule has 2 rings (SSSR count). The first-order valence-electron chi connectivity index (χ1n) is 7.29. The first-order valence-corrected chi connectivity index (χ1v) is 7.29.